The molecular formula is C24H26N2O7S. The Kier molecular flexibility index (Phi) is 8.31. The number of primary amides is 1. The third-order valence-corrected chi connectivity index (χ3v) is 5.86. The molecule has 0 radical (unpaired) electrons. The summed E-state index contributed by atoms with van der Waals surface area (Å²) >= 11 is 0.914. The number of amides is 2. The number of hydrogen-bond donors (Lipinski definition) is 2. The van der Waals surface area contributed by atoms with Gasteiger partial charge in [0, 0.05) is 0 Å². The topological polar surface area (TPSA) is 130 Å². The molecule has 9 nitrogen and oxygen atoms in total. The summed E-state index contributed by atoms with van der Waals surface area (Å²) in [4.78, 5) is 37.2. The second-order valence-corrected chi connectivity index (χ2v) is 8.19. The quantitative estimate of drug-likeness (QED) is 0.380. The number of carbonyl (C=O) groups excluding carboxylic acids is 3. The summed E-state index contributed by atoms with van der Waals surface area (Å²) in [6.07, 6.45) is 0.632. The molecule has 180 valence electrons. The SMILES string of the molecule is CCCOC(=O)c1c(NC(=O)c2ccc(COc3ccc(OCC)cc3)o2)sc(C(N)=O)c1C. The second kappa shape index (κ2) is 11.4. The van der Waals surface area contributed by atoms with Gasteiger partial charge in [0.1, 0.15) is 28.9 Å². The Morgan fingerprint density at radius 2 is 1.71 bits per heavy atom. The van der Waals surface area contributed by atoms with E-state index in [0.717, 1.165) is 17.1 Å². The van der Waals surface area contributed by atoms with Crippen LogP contribution in [0.4, 0.5) is 5.00 Å². The predicted molar refractivity (Wildman–Crippen MR) is 127 cm³/mol. The van der Waals surface area contributed by atoms with Crippen molar-refractivity contribution in [1.29, 1.82) is 0 Å². The number of benzene rings is 1. The first-order valence-electron chi connectivity index (χ1n) is 10.7. The van der Waals surface area contributed by atoms with E-state index in [-0.39, 0.29) is 34.4 Å². The third kappa shape index (κ3) is 5.96. The smallest absolute Gasteiger partial charge is 0.341 e. The van der Waals surface area contributed by atoms with Crippen LogP contribution in [0.2, 0.25) is 0 Å². The number of anilines is 1. The number of esters is 1. The van der Waals surface area contributed by atoms with E-state index in [9.17, 15) is 14.4 Å². The largest absolute Gasteiger partial charge is 0.494 e. The number of hydrogen-bond acceptors (Lipinski definition) is 8. The molecule has 3 aromatic rings. The monoisotopic (exact) mass is 486 g/mol. The molecule has 10 heteroatoms. The van der Waals surface area contributed by atoms with Crippen molar-refractivity contribution >= 4 is 34.1 Å². The van der Waals surface area contributed by atoms with Crippen LogP contribution in [-0.2, 0) is 11.3 Å². The molecular weight excluding hydrogens is 460 g/mol. The molecule has 3 N–H and O–H groups in total. The Labute approximate surface area is 200 Å². The van der Waals surface area contributed by atoms with Gasteiger partial charge in [0.15, 0.2) is 5.76 Å². The minimum Gasteiger partial charge on any atom is -0.494 e. The molecule has 0 bridgehead atoms. The molecule has 0 aliphatic rings. The maximum absolute atomic E-state index is 12.8. The standard InChI is InChI=1S/C24H26N2O7S/c1-4-12-31-24(29)19-14(3)20(21(25)27)34-23(19)26-22(28)18-11-10-17(33-18)13-32-16-8-6-15(7-9-16)30-5-2/h6-11H,4-5,12-13H2,1-3H3,(H2,25,27)(H,26,28). The van der Waals surface area contributed by atoms with Crippen LogP contribution in [0.25, 0.3) is 0 Å². The van der Waals surface area contributed by atoms with Crippen molar-refractivity contribution in [3.63, 3.8) is 0 Å². The maximum Gasteiger partial charge on any atom is 0.341 e. The van der Waals surface area contributed by atoms with E-state index in [1.54, 1.807) is 37.3 Å². The van der Waals surface area contributed by atoms with Crippen molar-refractivity contribution in [1.82, 2.24) is 0 Å². The first-order chi connectivity index (χ1) is 16.3. The van der Waals surface area contributed by atoms with Gasteiger partial charge < -0.3 is 29.7 Å². The van der Waals surface area contributed by atoms with E-state index < -0.39 is 17.8 Å². The highest BCUT2D eigenvalue weighted by Crippen LogP contribution is 2.34. The van der Waals surface area contributed by atoms with Gasteiger partial charge in [0.2, 0.25) is 0 Å². The van der Waals surface area contributed by atoms with Gasteiger partial charge in [-0.05, 0) is 62.2 Å². The number of ether oxygens (including phenoxy) is 3. The number of thiophene rings is 1. The minimum atomic E-state index is -0.695. The molecule has 34 heavy (non-hydrogen) atoms. The first kappa shape index (κ1) is 24.8. The zero-order valence-corrected chi connectivity index (χ0v) is 20.0. The molecule has 2 heterocycles. The maximum atomic E-state index is 12.8. The van der Waals surface area contributed by atoms with Crippen LogP contribution in [0.3, 0.4) is 0 Å². The van der Waals surface area contributed by atoms with Crippen LogP contribution in [0.5, 0.6) is 11.5 Å². The summed E-state index contributed by atoms with van der Waals surface area (Å²) in [6.45, 7) is 6.25. The number of nitrogens with one attached hydrogen (secondary N) is 1. The van der Waals surface area contributed by atoms with Gasteiger partial charge in [-0.2, -0.15) is 0 Å². The molecule has 2 amide bonds. The molecule has 0 aliphatic carbocycles. The zero-order chi connectivity index (χ0) is 24.7. The Hall–Kier alpha value is -3.79. The Morgan fingerprint density at radius 1 is 1.03 bits per heavy atom. The zero-order valence-electron chi connectivity index (χ0n) is 19.1. The summed E-state index contributed by atoms with van der Waals surface area (Å²) in [5.74, 6) is -0.107. The van der Waals surface area contributed by atoms with E-state index in [4.69, 9.17) is 24.4 Å². The molecule has 2 aromatic heterocycles. The second-order valence-electron chi connectivity index (χ2n) is 7.17. The van der Waals surface area contributed by atoms with Gasteiger partial charge in [0.05, 0.1) is 23.7 Å². The number of rotatable bonds is 11. The Morgan fingerprint density at radius 3 is 2.32 bits per heavy atom. The molecule has 0 unspecified atom stereocenters. The lowest BCUT2D eigenvalue weighted by Gasteiger charge is -2.07. The predicted octanol–water partition coefficient (Wildman–Crippen LogP) is 4.55. The molecule has 3 rings (SSSR count). The highest BCUT2D eigenvalue weighted by molar-refractivity contribution is 7.18. The van der Waals surface area contributed by atoms with Crippen molar-refractivity contribution < 1.29 is 33.0 Å². The lowest BCUT2D eigenvalue weighted by atomic mass is 10.1. The van der Waals surface area contributed by atoms with Crippen molar-refractivity contribution in [2.45, 2.75) is 33.8 Å². The van der Waals surface area contributed by atoms with Gasteiger partial charge in [-0.1, -0.05) is 6.92 Å². The van der Waals surface area contributed by atoms with Gasteiger partial charge >= 0.3 is 5.97 Å². The third-order valence-electron chi connectivity index (χ3n) is 4.64. The lowest BCUT2D eigenvalue weighted by molar-refractivity contribution is 0.0506. The normalized spacial score (nSPS) is 10.6. The van der Waals surface area contributed by atoms with Gasteiger partial charge in [-0.25, -0.2) is 4.79 Å². The molecule has 0 spiro atoms. The van der Waals surface area contributed by atoms with Crippen LogP contribution in [0.15, 0.2) is 40.8 Å². The summed E-state index contributed by atoms with van der Waals surface area (Å²) in [5.41, 5.74) is 5.88. The van der Waals surface area contributed by atoms with Crippen molar-refractivity contribution in [3.05, 3.63) is 63.9 Å². The van der Waals surface area contributed by atoms with Crippen LogP contribution in [-0.4, -0.2) is 31.0 Å². The van der Waals surface area contributed by atoms with E-state index in [0.29, 0.717) is 30.1 Å². The summed E-state index contributed by atoms with van der Waals surface area (Å²) in [6, 6.07) is 10.3. The fourth-order valence-corrected chi connectivity index (χ4v) is 4.09. The highest BCUT2D eigenvalue weighted by atomic mass is 32.1. The number of nitrogens with two attached hydrogens (primary N) is 1. The number of carbonyl (C=O) groups is 3. The van der Waals surface area contributed by atoms with Gasteiger partial charge in [-0.15, -0.1) is 11.3 Å². The molecule has 0 saturated heterocycles. The van der Waals surface area contributed by atoms with Crippen LogP contribution in [0.1, 0.15) is 62.2 Å². The summed E-state index contributed by atoms with van der Waals surface area (Å²) in [7, 11) is 0. The van der Waals surface area contributed by atoms with Crippen LogP contribution >= 0.6 is 11.3 Å². The van der Waals surface area contributed by atoms with Crippen molar-refractivity contribution in [2.75, 3.05) is 18.5 Å². The van der Waals surface area contributed by atoms with E-state index in [2.05, 4.69) is 5.32 Å². The minimum absolute atomic E-state index is 0.0184. The van der Waals surface area contributed by atoms with Gasteiger partial charge in [-0.3, -0.25) is 9.59 Å². The Bertz CT molecular complexity index is 1160. The van der Waals surface area contributed by atoms with Gasteiger partial charge in [0.25, 0.3) is 11.8 Å². The molecule has 0 atom stereocenters. The van der Waals surface area contributed by atoms with E-state index in [1.165, 1.54) is 6.07 Å². The fraction of sp³-hybridized carbons (Fsp3) is 0.292. The summed E-state index contributed by atoms with van der Waals surface area (Å²) in [5, 5.41) is 2.80. The van der Waals surface area contributed by atoms with E-state index >= 15 is 0 Å². The van der Waals surface area contributed by atoms with Crippen molar-refractivity contribution in [2.24, 2.45) is 5.73 Å². The average molecular weight is 487 g/mol. The number of furan rings is 1. The van der Waals surface area contributed by atoms with Crippen LogP contribution < -0.4 is 20.5 Å². The van der Waals surface area contributed by atoms with Crippen LogP contribution in [0, 0.1) is 6.92 Å². The molecule has 0 aliphatic heterocycles. The first-order valence-corrected chi connectivity index (χ1v) is 11.5. The molecule has 0 fully saturated rings. The lowest BCUT2D eigenvalue weighted by Crippen LogP contribution is -2.15. The van der Waals surface area contributed by atoms with Crippen molar-refractivity contribution in [3.8, 4) is 11.5 Å². The average Bonchev–Trinajstić information content (AvgIpc) is 3.42. The summed E-state index contributed by atoms with van der Waals surface area (Å²) < 4.78 is 21.9. The fourth-order valence-electron chi connectivity index (χ4n) is 3.04. The Balaban J connectivity index is 1.69. The molecule has 0 saturated carbocycles. The molecule has 1 aromatic carbocycles. The van der Waals surface area contributed by atoms with E-state index in [1.807, 2.05) is 13.8 Å². The highest BCUT2D eigenvalue weighted by Gasteiger charge is 2.26.